The average molecular weight is 493 g/mol. The maximum atomic E-state index is 13.1. The third-order valence-corrected chi connectivity index (χ3v) is 8.54. The molecule has 9 heteroatoms. The molecule has 2 N–H and O–H groups in total. The summed E-state index contributed by atoms with van der Waals surface area (Å²) in [5.41, 5.74) is 6.32. The molecule has 1 saturated carbocycles. The summed E-state index contributed by atoms with van der Waals surface area (Å²) in [6, 6.07) is 12.8. The van der Waals surface area contributed by atoms with Gasteiger partial charge in [0.05, 0.1) is 16.2 Å². The fourth-order valence-corrected chi connectivity index (χ4v) is 6.67. The van der Waals surface area contributed by atoms with Crippen LogP contribution in [-0.2, 0) is 20.8 Å². The maximum Gasteiger partial charge on any atom is 0.416 e. The van der Waals surface area contributed by atoms with E-state index in [0.29, 0.717) is 43.4 Å². The summed E-state index contributed by atoms with van der Waals surface area (Å²) >= 11 is 0. The van der Waals surface area contributed by atoms with Crippen LogP contribution in [0.4, 0.5) is 13.2 Å². The first-order valence-electron chi connectivity index (χ1n) is 11.3. The Kier molecular flexibility index (Phi) is 6.87. The van der Waals surface area contributed by atoms with E-state index in [1.54, 1.807) is 41.3 Å². The number of benzene rings is 2. The highest BCUT2D eigenvalue weighted by Crippen LogP contribution is 2.35. The first-order valence-corrected chi connectivity index (χ1v) is 12.9. The second kappa shape index (κ2) is 9.54. The van der Waals surface area contributed by atoms with Crippen LogP contribution < -0.4 is 5.73 Å². The fraction of sp³-hybridized carbons (Fsp3) is 0.400. The van der Waals surface area contributed by atoms with Gasteiger partial charge in [0.25, 0.3) is 0 Å². The number of nitrogens with zero attached hydrogens (tertiary/aromatic N) is 1. The Morgan fingerprint density at radius 1 is 1.03 bits per heavy atom. The summed E-state index contributed by atoms with van der Waals surface area (Å²) in [4.78, 5) is 15.0. The van der Waals surface area contributed by atoms with E-state index in [1.165, 1.54) is 12.1 Å². The highest BCUT2D eigenvalue weighted by Gasteiger charge is 2.39. The van der Waals surface area contributed by atoms with E-state index in [0.717, 1.165) is 12.1 Å². The van der Waals surface area contributed by atoms with E-state index >= 15 is 0 Å². The van der Waals surface area contributed by atoms with Crippen LogP contribution in [0.15, 0.2) is 65.6 Å². The van der Waals surface area contributed by atoms with Crippen LogP contribution >= 0.6 is 0 Å². The topological polar surface area (TPSA) is 80.5 Å². The lowest BCUT2D eigenvalue weighted by Gasteiger charge is -2.43. The molecule has 2 aromatic carbocycles. The maximum absolute atomic E-state index is 13.1. The molecule has 0 spiro atoms. The summed E-state index contributed by atoms with van der Waals surface area (Å²) in [5, 5.41) is 0. The smallest absolute Gasteiger partial charge is 0.336 e. The van der Waals surface area contributed by atoms with Crippen molar-refractivity contribution in [2.24, 2.45) is 11.7 Å². The third-order valence-electron chi connectivity index (χ3n) is 6.68. The van der Waals surface area contributed by atoms with Crippen LogP contribution in [0, 0.1) is 5.92 Å². The lowest BCUT2D eigenvalue weighted by Crippen LogP contribution is -2.51. The van der Waals surface area contributed by atoms with Gasteiger partial charge in [-0.2, -0.15) is 13.2 Å². The van der Waals surface area contributed by atoms with Crippen LogP contribution in [0.25, 0.3) is 5.57 Å². The van der Waals surface area contributed by atoms with Gasteiger partial charge in [-0.05, 0) is 67.0 Å². The molecule has 3 atom stereocenters. The van der Waals surface area contributed by atoms with Crippen molar-refractivity contribution in [2.75, 3.05) is 12.3 Å². The van der Waals surface area contributed by atoms with Gasteiger partial charge in [-0.3, -0.25) is 4.79 Å². The molecule has 1 amide bonds. The zero-order valence-corrected chi connectivity index (χ0v) is 19.4. The first-order chi connectivity index (χ1) is 16.0. The van der Waals surface area contributed by atoms with Crippen LogP contribution in [0.1, 0.15) is 36.8 Å². The van der Waals surface area contributed by atoms with E-state index < -0.39 is 21.6 Å². The Morgan fingerprint density at radius 3 is 2.44 bits per heavy atom. The number of amides is 1. The van der Waals surface area contributed by atoms with Crippen molar-refractivity contribution in [3.63, 3.8) is 0 Å². The molecule has 2 aromatic rings. The largest absolute Gasteiger partial charge is 0.416 e. The van der Waals surface area contributed by atoms with Crippen molar-refractivity contribution >= 4 is 21.3 Å². The molecular weight excluding hydrogens is 465 g/mol. The number of nitrogens with two attached hydrogens (primary N) is 1. The summed E-state index contributed by atoms with van der Waals surface area (Å²) in [6.45, 7) is 0.322. The highest BCUT2D eigenvalue weighted by molar-refractivity contribution is 7.91. The van der Waals surface area contributed by atoms with Crippen LogP contribution in [0.2, 0.25) is 0 Å². The number of carbonyl (C=O) groups excluding carboxylic acids is 1. The second-order valence-electron chi connectivity index (χ2n) is 9.02. The Hall–Kier alpha value is -2.65. The van der Waals surface area contributed by atoms with Gasteiger partial charge in [-0.1, -0.05) is 30.3 Å². The van der Waals surface area contributed by atoms with Gasteiger partial charge in [0.2, 0.25) is 5.91 Å². The molecule has 0 aromatic heterocycles. The van der Waals surface area contributed by atoms with Crippen molar-refractivity contribution in [3.05, 3.63) is 71.8 Å². The molecule has 5 nitrogen and oxygen atoms in total. The van der Waals surface area contributed by atoms with E-state index in [-0.39, 0.29) is 34.6 Å². The summed E-state index contributed by atoms with van der Waals surface area (Å²) in [6.07, 6.45) is -0.913. The molecular formula is C25H27F3N2O3S. The lowest BCUT2D eigenvalue weighted by atomic mass is 9.81. The number of hydrogen-bond donors (Lipinski definition) is 1. The van der Waals surface area contributed by atoms with Gasteiger partial charge in [-0.25, -0.2) is 8.42 Å². The molecule has 4 rings (SSSR count). The number of rotatable bonds is 5. The van der Waals surface area contributed by atoms with Gasteiger partial charge < -0.3 is 10.6 Å². The van der Waals surface area contributed by atoms with Crippen molar-refractivity contribution in [2.45, 2.75) is 48.8 Å². The summed E-state index contributed by atoms with van der Waals surface area (Å²) < 4.78 is 65.3. The molecule has 1 aliphatic carbocycles. The normalized spacial score (nSPS) is 24.1. The number of hydrogen-bond acceptors (Lipinski definition) is 4. The van der Waals surface area contributed by atoms with Gasteiger partial charge in [0.1, 0.15) is 0 Å². The molecule has 2 aliphatic rings. The predicted octanol–water partition coefficient (Wildman–Crippen LogP) is 4.29. The Morgan fingerprint density at radius 2 is 1.76 bits per heavy atom. The van der Waals surface area contributed by atoms with E-state index in [9.17, 15) is 26.4 Å². The third kappa shape index (κ3) is 5.36. The van der Waals surface area contributed by atoms with Crippen molar-refractivity contribution < 1.29 is 26.4 Å². The van der Waals surface area contributed by atoms with Gasteiger partial charge in [0.15, 0.2) is 9.84 Å². The molecule has 1 unspecified atom stereocenters. The summed E-state index contributed by atoms with van der Waals surface area (Å²) in [7, 11) is -3.56. The van der Waals surface area contributed by atoms with Crippen molar-refractivity contribution in [1.29, 1.82) is 0 Å². The van der Waals surface area contributed by atoms with Crippen LogP contribution in [0.5, 0.6) is 0 Å². The SMILES string of the molecule is N[C@@H]1CCC(N2CCC(c3cccc(C(F)(F)F)c3)=CC2=O)[C@H](CS(=O)(=O)c2ccccc2)C1. The standard InChI is InChI=1S/C25H27F3N2O3S/c26-25(27,28)20-6-4-5-17(13-20)18-11-12-30(24(31)15-18)23-10-9-21(29)14-19(23)16-34(32,33)22-7-2-1-3-8-22/h1-8,13,15,19,21,23H,9-12,14,16,29H2/t19-,21+,23?/m0/s1. The number of alkyl halides is 3. The fourth-order valence-electron chi connectivity index (χ4n) is 4.99. The Bertz CT molecular complexity index is 1180. The number of sulfone groups is 1. The summed E-state index contributed by atoms with van der Waals surface area (Å²) in [5.74, 6) is -0.730. The molecule has 1 aliphatic heterocycles. The van der Waals surface area contributed by atoms with Crippen LogP contribution in [-0.4, -0.2) is 43.6 Å². The number of carbonyl (C=O) groups is 1. The second-order valence-corrected chi connectivity index (χ2v) is 11.1. The van der Waals surface area contributed by atoms with Crippen molar-refractivity contribution in [1.82, 2.24) is 4.90 Å². The first kappa shape index (κ1) is 24.5. The zero-order chi connectivity index (χ0) is 24.5. The molecule has 0 bridgehead atoms. The zero-order valence-electron chi connectivity index (χ0n) is 18.5. The molecule has 0 radical (unpaired) electrons. The van der Waals surface area contributed by atoms with E-state index in [1.807, 2.05) is 0 Å². The monoisotopic (exact) mass is 492 g/mol. The van der Waals surface area contributed by atoms with E-state index in [2.05, 4.69) is 0 Å². The highest BCUT2D eigenvalue weighted by atomic mass is 32.2. The van der Waals surface area contributed by atoms with Gasteiger partial charge >= 0.3 is 6.18 Å². The number of halogens is 3. The lowest BCUT2D eigenvalue weighted by molar-refractivity contribution is -0.137. The Balaban J connectivity index is 1.55. The van der Waals surface area contributed by atoms with Gasteiger partial charge in [0, 0.05) is 24.7 Å². The Labute approximate surface area is 197 Å². The molecule has 1 heterocycles. The minimum Gasteiger partial charge on any atom is -0.336 e. The van der Waals surface area contributed by atoms with Crippen molar-refractivity contribution in [3.8, 4) is 0 Å². The molecule has 0 saturated heterocycles. The average Bonchev–Trinajstić information content (AvgIpc) is 2.79. The van der Waals surface area contributed by atoms with Crippen LogP contribution in [0.3, 0.4) is 0 Å². The quantitative estimate of drug-likeness (QED) is 0.675. The molecule has 1 fully saturated rings. The minimum absolute atomic E-state index is 0.108. The predicted molar refractivity (Wildman–Crippen MR) is 123 cm³/mol. The molecule has 34 heavy (non-hydrogen) atoms. The molecule has 182 valence electrons. The minimum atomic E-state index is -4.46. The van der Waals surface area contributed by atoms with E-state index in [4.69, 9.17) is 5.73 Å². The van der Waals surface area contributed by atoms with Gasteiger partial charge in [-0.15, -0.1) is 0 Å².